The molecule has 0 radical (unpaired) electrons. The first-order chi connectivity index (χ1) is 13.1. The fraction of sp³-hybridized carbons (Fsp3) is 0.176. The molecule has 0 saturated carbocycles. The SMILES string of the molecule is CNc1c(Cc2ccc(-n3cc(F)cn3)c(C#N)n2)c(C)nc2nonc12. The van der Waals surface area contributed by atoms with E-state index in [9.17, 15) is 9.65 Å². The second-order valence-corrected chi connectivity index (χ2v) is 5.80. The van der Waals surface area contributed by atoms with Gasteiger partial charge < -0.3 is 5.32 Å². The van der Waals surface area contributed by atoms with Gasteiger partial charge in [-0.05, 0) is 29.4 Å². The van der Waals surface area contributed by atoms with Gasteiger partial charge in [-0.2, -0.15) is 10.4 Å². The van der Waals surface area contributed by atoms with Crippen LogP contribution in [-0.2, 0) is 6.42 Å². The number of aryl methyl sites for hydroxylation is 1. The number of nitrogens with zero attached hydrogens (tertiary/aromatic N) is 7. The maximum Gasteiger partial charge on any atom is 0.226 e. The molecule has 134 valence electrons. The summed E-state index contributed by atoms with van der Waals surface area (Å²) in [4.78, 5) is 8.79. The zero-order valence-electron chi connectivity index (χ0n) is 14.4. The lowest BCUT2D eigenvalue weighted by Crippen LogP contribution is -2.06. The molecule has 0 aromatic carbocycles. The summed E-state index contributed by atoms with van der Waals surface area (Å²) in [6.07, 6.45) is 2.68. The molecule has 0 bridgehead atoms. The highest BCUT2D eigenvalue weighted by molar-refractivity contribution is 5.87. The molecule has 10 heteroatoms. The Bertz CT molecular complexity index is 1190. The Morgan fingerprint density at radius 3 is 2.85 bits per heavy atom. The Morgan fingerprint density at radius 2 is 2.15 bits per heavy atom. The second kappa shape index (κ2) is 6.45. The van der Waals surface area contributed by atoms with Crippen LogP contribution in [0.15, 0.2) is 29.2 Å². The lowest BCUT2D eigenvalue weighted by molar-refractivity contribution is 0.315. The minimum atomic E-state index is -0.488. The average Bonchev–Trinajstić information content (AvgIpc) is 3.30. The minimum Gasteiger partial charge on any atom is -0.386 e. The molecule has 0 aliphatic carbocycles. The van der Waals surface area contributed by atoms with Crippen molar-refractivity contribution in [1.82, 2.24) is 30.1 Å². The van der Waals surface area contributed by atoms with E-state index in [1.165, 1.54) is 10.9 Å². The van der Waals surface area contributed by atoms with Crippen molar-refractivity contribution in [3.05, 3.63) is 53.0 Å². The third kappa shape index (κ3) is 2.85. The van der Waals surface area contributed by atoms with Crippen molar-refractivity contribution in [2.24, 2.45) is 0 Å². The predicted molar refractivity (Wildman–Crippen MR) is 92.7 cm³/mol. The van der Waals surface area contributed by atoms with Crippen molar-refractivity contribution >= 4 is 16.9 Å². The molecule has 9 nitrogen and oxygen atoms in total. The maximum atomic E-state index is 13.2. The highest BCUT2D eigenvalue weighted by Crippen LogP contribution is 2.28. The predicted octanol–water partition coefficient (Wildman–Crippen LogP) is 2.15. The van der Waals surface area contributed by atoms with E-state index in [-0.39, 0.29) is 5.69 Å². The van der Waals surface area contributed by atoms with Crippen LogP contribution in [0.25, 0.3) is 16.9 Å². The smallest absolute Gasteiger partial charge is 0.226 e. The number of aromatic nitrogens is 6. The number of hydrogen-bond donors (Lipinski definition) is 1. The molecular formula is C17H13FN8O. The molecule has 0 amide bonds. The van der Waals surface area contributed by atoms with E-state index >= 15 is 0 Å². The topological polar surface area (TPSA) is 118 Å². The van der Waals surface area contributed by atoms with Crippen molar-refractivity contribution in [1.29, 1.82) is 5.26 Å². The number of nitriles is 1. The zero-order chi connectivity index (χ0) is 19.0. The Kier molecular flexibility index (Phi) is 3.97. The molecule has 4 aromatic rings. The van der Waals surface area contributed by atoms with Crippen LogP contribution >= 0.6 is 0 Å². The Morgan fingerprint density at radius 1 is 1.30 bits per heavy atom. The Labute approximate surface area is 152 Å². The fourth-order valence-corrected chi connectivity index (χ4v) is 2.92. The fourth-order valence-electron chi connectivity index (χ4n) is 2.92. The number of pyridine rings is 2. The summed E-state index contributed by atoms with van der Waals surface area (Å²) in [5.74, 6) is -0.488. The normalized spacial score (nSPS) is 10.9. The van der Waals surface area contributed by atoms with E-state index in [1.807, 2.05) is 13.0 Å². The number of rotatable bonds is 4. The molecule has 4 rings (SSSR count). The number of anilines is 1. The third-order valence-corrected chi connectivity index (χ3v) is 4.16. The first-order valence-electron chi connectivity index (χ1n) is 8.00. The van der Waals surface area contributed by atoms with Gasteiger partial charge in [0.15, 0.2) is 17.0 Å². The summed E-state index contributed by atoms with van der Waals surface area (Å²) < 4.78 is 19.3. The lowest BCUT2D eigenvalue weighted by Gasteiger charge is -2.12. The van der Waals surface area contributed by atoms with Gasteiger partial charge >= 0.3 is 0 Å². The molecule has 0 aliphatic rings. The average molecular weight is 364 g/mol. The van der Waals surface area contributed by atoms with Crippen LogP contribution in [-0.4, -0.2) is 37.1 Å². The second-order valence-electron chi connectivity index (χ2n) is 5.80. The minimum absolute atomic E-state index is 0.149. The quantitative estimate of drug-likeness (QED) is 0.585. The maximum absolute atomic E-state index is 13.2. The summed E-state index contributed by atoms with van der Waals surface area (Å²) in [6, 6.07) is 5.48. The molecule has 1 N–H and O–H groups in total. The summed E-state index contributed by atoms with van der Waals surface area (Å²) >= 11 is 0. The standard InChI is InChI=1S/C17H13FN8O/c1-9-12(15(20-2)16-17(22-9)25-27-24-16)5-11-3-4-14(13(6-19)23-11)26-8-10(18)7-21-26/h3-4,7-8,20H,5H2,1-2H3. The summed E-state index contributed by atoms with van der Waals surface area (Å²) in [5.41, 5.74) is 4.53. The van der Waals surface area contributed by atoms with Gasteiger partial charge in [-0.25, -0.2) is 23.7 Å². The molecule has 0 atom stereocenters. The van der Waals surface area contributed by atoms with E-state index in [2.05, 4.69) is 30.7 Å². The van der Waals surface area contributed by atoms with Gasteiger partial charge in [-0.15, -0.1) is 0 Å². The van der Waals surface area contributed by atoms with Crippen LogP contribution in [0.5, 0.6) is 0 Å². The molecule has 0 fully saturated rings. The van der Waals surface area contributed by atoms with Crippen LogP contribution in [0.3, 0.4) is 0 Å². The monoisotopic (exact) mass is 364 g/mol. The summed E-state index contributed by atoms with van der Waals surface area (Å²) in [7, 11) is 1.77. The van der Waals surface area contributed by atoms with Crippen LogP contribution in [0.2, 0.25) is 0 Å². The van der Waals surface area contributed by atoms with Gasteiger partial charge in [-0.3, -0.25) is 0 Å². The molecule has 27 heavy (non-hydrogen) atoms. The summed E-state index contributed by atoms with van der Waals surface area (Å²) in [5, 5.41) is 24.1. The van der Waals surface area contributed by atoms with Crippen molar-refractivity contribution < 1.29 is 9.02 Å². The van der Waals surface area contributed by atoms with Crippen LogP contribution in [0, 0.1) is 24.1 Å². The molecular weight excluding hydrogens is 351 g/mol. The summed E-state index contributed by atoms with van der Waals surface area (Å²) in [6.45, 7) is 1.86. The number of hydrogen-bond acceptors (Lipinski definition) is 8. The molecule has 4 aromatic heterocycles. The van der Waals surface area contributed by atoms with Crippen LogP contribution in [0.4, 0.5) is 10.1 Å². The van der Waals surface area contributed by atoms with Gasteiger partial charge in [0.25, 0.3) is 0 Å². The number of halogens is 1. The molecule has 0 saturated heterocycles. The van der Waals surface area contributed by atoms with Crippen molar-refractivity contribution in [2.45, 2.75) is 13.3 Å². The zero-order valence-corrected chi connectivity index (χ0v) is 14.4. The highest BCUT2D eigenvalue weighted by Gasteiger charge is 2.17. The lowest BCUT2D eigenvalue weighted by atomic mass is 10.0. The van der Waals surface area contributed by atoms with Crippen molar-refractivity contribution in [3.63, 3.8) is 0 Å². The number of fused-ring (bicyclic) bond motifs is 1. The molecule has 0 spiro atoms. The third-order valence-electron chi connectivity index (χ3n) is 4.16. The van der Waals surface area contributed by atoms with Crippen LogP contribution < -0.4 is 5.32 Å². The largest absolute Gasteiger partial charge is 0.386 e. The van der Waals surface area contributed by atoms with E-state index < -0.39 is 5.82 Å². The Balaban J connectivity index is 1.76. The molecule has 4 heterocycles. The van der Waals surface area contributed by atoms with E-state index in [0.29, 0.717) is 29.0 Å². The number of nitrogens with one attached hydrogen (secondary N) is 1. The van der Waals surface area contributed by atoms with Gasteiger partial charge in [0.2, 0.25) is 5.65 Å². The molecule has 0 aliphatic heterocycles. The van der Waals surface area contributed by atoms with Crippen molar-refractivity contribution in [2.75, 3.05) is 12.4 Å². The first kappa shape index (κ1) is 16.6. The first-order valence-corrected chi connectivity index (χ1v) is 8.00. The van der Waals surface area contributed by atoms with E-state index in [4.69, 9.17) is 4.63 Å². The van der Waals surface area contributed by atoms with E-state index in [0.717, 1.165) is 23.1 Å². The van der Waals surface area contributed by atoms with Gasteiger partial charge in [0.1, 0.15) is 11.8 Å². The van der Waals surface area contributed by atoms with Crippen LogP contribution in [0.1, 0.15) is 22.6 Å². The van der Waals surface area contributed by atoms with Gasteiger partial charge in [-0.1, -0.05) is 0 Å². The van der Waals surface area contributed by atoms with Crippen molar-refractivity contribution in [3.8, 4) is 11.8 Å². The van der Waals surface area contributed by atoms with E-state index in [1.54, 1.807) is 19.2 Å². The highest BCUT2D eigenvalue weighted by atomic mass is 19.1. The van der Waals surface area contributed by atoms with Gasteiger partial charge in [0.05, 0.1) is 18.1 Å². The Hall–Kier alpha value is -3.87. The van der Waals surface area contributed by atoms with Gasteiger partial charge in [0, 0.05) is 30.4 Å². The molecule has 0 unspecified atom stereocenters.